The van der Waals surface area contributed by atoms with Gasteiger partial charge in [0.25, 0.3) is 5.91 Å². The van der Waals surface area contributed by atoms with Gasteiger partial charge in [-0.2, -0.15) is 5.10 Å². The van der Waals surface area contributed by atoms with E-state index in [0.717, 1.165) is 52.2 Å². The lowest BCUT2D eigenvalue weighted by Gasteiger charge is -2.35. The zero-order valence-corrected chi connectivity index (χ0v) is 23.5. The van der Waals surface area contributed by atoms with Crippen molar-refractivity contribution in [2.24, 2.45) is 0 Å². The highest BCUT2D eigenvalue weighted by Crippen LogP contribution is 2.32. The standard InChI is InChI=1S/C33H29FN8O/c1-20-4-2-5-21-11-14-36-31(30(20)21)42(25-6-3-13-35-19-25)32(43)26-9-8-24(17-27(26)34)39-33-37-15-12-28(40-33)22-7-10-29-23(16-22)18-38-41-29/h2,4-5,7-12,14-18,25,35H,3,6,13,19H2,1H3,(H,38,41)(H,37,39,40)/t25-/m1/s1. The number of carbonyl (C=O) groups excluding carboxylic acids is 1. The summed E-state index contributed by atoms with van der Waals surface area (Å²) in [6.07, 6.45) is 6.82. The molecule has 3 aromatic carbocycles. The van der Waals surface area contributed by atoms with Crippen molar-refractivity contribution in [2.75, 3.05) is 23.3 Å². The number of aromatic amines is 1. The zero-order chi connectivity index (χ0) is 29.3. The van der Waals surface area contributed by atoms with Crippen molar-refractivity contribution in [3.05, 3.63) is 102 Å². The molecule has 1 amide bonds. The number of anilines is 3. The first kappa shape index (κ1) is 26.7. The SMILES string of the molecule is Cc1cccc2ccnc(N(C(=O)c3ccc(Nc4nccc(-c5ccc6[nH]ncc6c5)n4)cc3F)[C@@H]3CCCNC3)c12. The van der Waals surface area contributed by atoms with Crippen molar-refractivity contribution in [1.82, 2.24) is 30.5 Å². The van der Waals surface area contributed by atoms with Crippen LogP contribution in [0.25, 0.3) is 32.9 Å². The molecule has 0 aliphatic carbocycles. The Balaban J connectivity index is 1.19. The Hall–Kier alpha value is -5.22. The molecule has 0 radical (unpaired) electrons. The number of halogens is 1. The molecular weight excluding hydrogens is 543 g/mol. The van der Waals surface area contributed by atoms with Crippen LogP contribution in [0.3, 0.4) is 0 Å². The van der Waals surface area contributed by atoms with Crippen LogP contribution in [0.15, 0.2) is 85.3 Å². The van der Waals surface area contributed by atoms with E-state index in [2.05, 4.69) is 35.8 Å². The van der Waals surface area contributed by atoms with Crippen LogP contribution in [-0.2, 0) is 0 Å². The van der Waals surface area contributed by atoms with Crippen LogP contribution < -0.4 is 15.5 Å². The third-order valence-corrected chi connectivity index (χ3v) is 7.91. The normalized spacial score (nSPS) is 15.1. The van der Waals surface area contributed by atoms with Gasteiger partial charge < -0.3 is 10.6 Å². The fourth-order valence-corrected chi connectivity index (χ4v) is 5.77. The number of amides is 1. The van der Waals surface area contributed by atoms with Gasteiger partial charge in [0.15, 0.2) is 0 Å². The number of nitrogens with one attached hydrogen (secondary N) is 3. The first-order valence-corrected chi connectivity index (χ1v) is 14.3. The molecule has 10 heteroatoms. The molecule has 1 aliphatic rings. The summed E-state index contributed by atoms with van der Waals surface area (Å²) in [4.78, 5) is 29.4. The molecule has 214 valence electrons. The van der Waals surface area contributed by atoms with Crippen LogP contribution in [0.5, 0.6) is 0 Å². The monoisotopic (exact) mass is 572 g/mol. The van der Waals surface area contributed by atoms with E-state index in [1.165, 1.54) is 12.1 Å². The smallest absolute Gasteiger partial charge is 0.262 e. The van der Waals surface area contributed by atoms with Crippen molar-refractivity contribution in [3.8, 4) is 11.3 Å². The molecule has 1 aliphatic heterocycles. The van der Waals surface area contributed by atoms with E-state index in [4.69, 9.17) is 0 Å². The Kier molecular flexibility index (Phi) is 6.96. The number of nitrogens with zero attached hydrogens (tertiary/aromatic N) is 5. The Morgan fingerprint density at radius 3 is 2.79 bits per heavy atom. The summed E-state index contributed by atoms with van der Waals surface area (Å²) >= 11 is 0. The van der Waals surface area contributed by atoms with Gasteiger partial charge in [0.05, 0.1) is 29.0 Å². The van der Waals surface area contributed by atoms with Crippen molar-refractivity contribution in [1.29, 1.82) is 0 Å². The quantitative estimate of drug-likeness (QED) is 0.219. The highest BCUT2D eigenvalue weighted by molar-refractivity contribution is 6.11. The number of piperidine rings is 1. The fraction of sp³-hybridized carbons (Fsp3) is 0.182. The molecule has 9 nitrogen and oxygen atoms in total. The number of hydrogen-bond acceptors (Lipinski definition) is 7. The van der Waals surface area contributed by atoms with E-state index in [0.29, 0.717) is 29.7 Å². The summed E-state index contributed by atoms with van der Waals surface area (Å²) in [6, 6.07) is 19.9. The number of pyridine rings is 1. The van der Waals surface area contributed by atoms with Gasteiger partial charge in [-0.15, -0.1) is 0 Å². The molecule has 7 rings (SSSR count). The van der Waals surface area contributed by atoms with Crippen molar-refractivity contribution in [3.63, 3.8) is 0 Å². The molecule has 4 heterocycles. The molecule has 0 bridgehead atoms. The lowest BCUT2D eigenvalue weighted by Crippen LogP contribution is -2.49. The van der Waals surface area contributed by atoms with E-state index >= 15 is 4.39 Å². The van der Waals surface area contributed by atoms with Crippen LogP contribution in [0.2, 0.25) is 0 Å². The molecule has 1 atom stereocenters. The number of carbonyl (C=O) groups is 1. The number of rotatable bonds is 6. The van der Waals surface area contributed by atoms with E-state index in [1.54, 1.807) is 29.6 Å². The average Bonchev–Trinajstić information content (AvgIpc) is 3.50. The minimum Gasteiger partial charge on any atom is -0.324 e. The second-order valence-corrected chi connectivity index (χ2v) is 10.7. The summed E-state index contributed by atoms with van der Waals surface area (Å²) in [7, 11) is 0. The second-order valence-electron chi connectivity index (χ2n) is 10.7. The third-order valence-electron chi connectivity index (χ3n) is 7.91. The number of benzene rings is 3. The number of fused-ring (bicyclic) bond motifs is 2. The zero-order valence-electron chi connectivity index (χ0n) is 23.5. The van der Waals surface area contributed by atoms with Crippen LogP contribution in [-0.4, -0.2) is 50.2 Å². The maximum atomic E-state index is 15.7. The topological polar surface area (TPSA) is 112 Å². The molecule has 43 heavy (non-hydrogen) atoms. The number of aromatic nitrogens is 5. The van der Waals surface area contributed by atoms with Crippen molar-refractivity contribution in [2.45, 2.75) is 25.8 Å². The highest BCUT2D eigenvalue weighted by Gasteiger charge is 2.31. The van der Waals surface area contributed by atoms with Crippen LogP contribution in [0, 0.1) is 12.7 Å². The van der Waals surface area contributed by atoms with E-state index in [-0.39, 0.29) is 11.6 Å². The van der Waals surface area contributed by atoms with Gasteiger partial charge in [-0.3, -0.25) is 14.8 Å². The lowest BCUT2D eigenvalue weighted by atomic mass is 10.0. The van der Waals surface area contributed by atoms with E-state index < -0.39 is 11.7 Å². The summed E-state index contributed by atoms with van der Waals surface area (Å²) in [5.74, 6) is -0.195. The Morgan fingerprint density at radius 2 is 1.93 bits per heavy atom. The van der Waals surface area contributed by atoms with Gasteiger partial charge >= 0.3 is 0 Å². The Bertz CT molecular complexity index is 1960. The van der Waals surface area contributed by atoms with Gasteiger partial charge in [0.2, 0.25) is 5.95 Å². The number of aryl methyl sites for hydroxylation is 1. The third kappa shape index (κ3) is 5.17. The molecule has 1 fully saturated rings. The molecule has 0 spiro atoms. The van der Waals surface area contributed by atoms with Crippen LogP contribution in [0.4, 0.5) is 21.8 Å². The maximum Gasteiger partial charge on any atom is 0.262 e. The van der Waals surface area contributed by atoms with Crippen LogP contribution >= 0.6 is 0 Å². The van der Waals surface area contributed by atoms with Crippen LogP contribution in [0.1, 0.15) is 28.8 Å². The maximum absolute atomic E-state index is 15.7. The van der Waals surface area contributed by atoms with Gasteiger partial charge in [-0.05, 0) is 79.7 Å². The Labute approximate surface area is 247 Å². The molecule has 6 aromatic rings. The molecule has 0 unspecified atom stereocenters. The first-order chi connectivity index (χ1) is 21.0. The predicted octanol–water partition coefficient (Wildman–Crippen LogP) is 6.16. The molecule has 1 saturated heterocycles. The molecule has 3 aromatic heterocycles. The minimum atomic E-state index is -0.637. The summed E-state index contributed by atoms with van der Waals surface area (Å²) in [5, 5.41) is 16.3. The van der Waals surface area contributed by atoms with Gasteiger partial charge in [-0.25, -0.2) is 19.3 Å². The molecule has 3 N–H and O–H groups in total. The van der Waals surface area contributed by atoms with Gasteiger partial charge in [0.1, 0.15) is 11.6 Å². The number of hydrogen-bond donors (Lipinski definition) is 3. The summed E-state index contributed by atoms with van der Waals surface area (Å²) in [6.45, 7) is 3.50. The van der Waals surface area contributed by atoms with Gasteiger partial charge in [0, 0.05) is 41.0 Å². The predicted molar refractivity (Wildman–Crippen MR) is 166 cm³/mol. The van der Waals surface area contributed by atoms with E-state index in [9.17, 15) is 4.79 Å². The van der Waals surface area contributed by atoms with Crippen molar-refractivity contribution >= 4 is 45.0 Å². The molecular formula is C33H29FN8O. The lowest BCUT2D eigenvalue weighted by molar-refractivity contribution is 0.0968. The van der Waals surface area contributed by atoms with E-state index in [1.807, 2.05) is 55.5 Å². The number of H-pyrrole nitrogens is 1. The summed E-state index contributed by atoms with van der Waals surface area (Å²) < 4.78 is 15.7. The first-order valence-electron chi connectivity index (χ1n) is 14.3. The molecule has 0 saturated carbocycles. The average molecular weight is 573 g/mol. The Morgan fingerprint density at radius 1 is 1.02 bits per heavy atom. The largest absolute Gasteiger partial charge is 0.324 e. The van der Waals surface area contributed by atoms with Gasteiger partial charge in [-0.1, -0.05) is 24.3 Å². The van der Waals surface area contributed by atoms with Crippen molar-refractivity contribution < 1.29 is 9.18 Å². The summed E-state index contributed by atoms with van der Waals surface area (Å²) in [5.41, 5.74) is 3.97. The second kappa shape index (κ2) is 11.2. The fourth-order valence-electron chi connectivity index (χ4n) is 5.77. The highest BCUT2D eigenvalue weighted by atomic mass is 19.1. The minimum absolute atomic E-state index is 0.0217.